The summed E-state index contributed by atoms with van der Waals surface area (Å²) in [4.78, 5) is 27.5. The van der Waals surface area contributed by atoms with Gasteiger partial charge in [0.25, 0.3) is 0 Å². The first-order valence-corrected chi connectivity index (χ1v) is 22.6. The van der Waals surface area contributed by atoms with Gasteiger partial charge in [0.1, 0.15) is 6.10 Å². The van der Waals surface area contributed by atoms with Crippen LogP contribution in [0, 0.1) is 62.1 Å². The Morgan fingerprint density at radius 3 is 2.04 bits per heavy atom. The van der Waals surface area contributed by atoms with Crippen LogP contribution in [0.3, 0.4) is 0 Å². The van der Waals surface area contributed by atoms with E-state index in [2.05, 4.69) is 59.9 Å². The molecular weight excluding hydrogens is 655 g/mol. The molecule has 1 N–H and O–H groups in total. The van der Waals surface area contributed by atoms with Gasteiger partial charge in [0, 0.05) is 11.5 Å². The standard InChI is InChI=1S/C44H73NO4.2C2H6/c1-11-25-45(30-12-13-30)26-24-44-21-16-31(29(2)3)38(44)32-14-15-34-41(8)19-18-35(49-37(48)28-39(4,5)27-36(46)47)40(6,7)33(41)17-20-43(34,10)42(32,9)22-23-44;2*1-2/h30-35,38H,2,11-28H2,1,3-10H3,(H,46,47);2*1-2H3/t31-,32+,33?,34?,35?,38?,41-,42+,43+,44+;;/m0../s1. The number of aliphatic carboxylic acids is 1. The van der Waals surface area contributed by atoms with Crippen molar-refractivity contribution in [2.75, 3.05) is 13.1 Å². The highest BCUT2D eigenvalue weighted by Crippen LogP contribution is 2.78. The third kappa shape index (κ3) is 8.10. The van der Waals surface area contributed by atoms with Gasteiger partial charge < -0.3 is 14.7 Å². The van der Waals surface area contributed by atoms with Crippen LogP contribution in [0.1, 0.15) is 193 Å². The molecule has 0 heterocycles. The molecule has 0 radical (unpaired) electrons. The van der Waals surface area contributed by atoms with E-state index in [0.29, 0.717) is 34.0 Å². The molecule has 0 amide bonds. The molecule has 10 atom stereocenters. The number of carbonyl (C=O) groups is 2. The largest absolute Gasteiger partial charge is 0.481 e. The fraction of sp³-hybridized carbons (Fsp3) is 0.917. The molecule has 5 nitrogen and oxygen atoms in total. The van der Waals surface area contributed by atoms with E-state index >= 15 is 0 Å². The number of allylic oxidation sites excluding steroid dienone is 1. The van der Waals surface area contributed by atoms with Crippen molar-refractivity contribution in [3.05, 3.63) is 12.2 Å². The van der Waals surface area contributed by atoms with Gasteiger partial charge in [0.05, 0.1) is 12.8 Å². The van der Waals surface area contributed by atoms with Crippen LogP contribution in [0.2, 0.25) is 0 Å². The van der Waals surface area contributed by atoms with E-state index in [-0.39, 0.29) is 35.7 Å². The molecule has 6 fully saturated rings. The van der Waals surface area contributed by atoms with E-state index in [9.17, 15) is 14.7 Å². The van der Waals surface area contributed by atoms with Crippen LogP contribution >= 0.6 is 0 Å². The van der Waals surface area contributed by atoms with Crippen molar-refractivity contribution in [3.8, 4) is 0 Å². The third-order valence-electron chi connectivity index (χ3n) is 17.2. The minimum Gasteiger partial charge on any atom is -0.481 e. The summed E-state index contributed by atoms with van der Waals surface area (Å²) in [5.74, 6) is 2.36. The third-order valence-corrected chi connectivity index (χ3v) is 17.2. The minimum atomic E-state index is -0.862. The molecule has 6 aliphatic carbocycles. The summed E-state index contributed by atoms with van der Waals surface area (Å²) in [5.41, 5.74) is 2.12. The Morgan fingerprint density at radius 2 is 1.45 bits per heavy atom. The van der Waals surface area contributed by atoms with E-state index in [1.807, 2.05) is 41.5 Å². The molecule has 4 unspecified atom stereocenters. The van der Waals surface area contributed by atoms with Crippen LogP contribution in [0.5, 0.6) is 0 Å². The zero-order chi connectivity index (χ0) is 39.8. The van der Waals surface area contributed by atoms with E-state index < -0.39 is 11.4 Å². The van der Waals surface area contributed by atoms with E-state index in [1.54, 1.807) is 0 Å². The maximum absolute atomic E-state index is 13.2. The molecule has 6 aliphatic rings. The topological polar surface area (TPSA) is 66.8 Å². The van der Waals surface area contributed by atoms with E-state index in [4.69, 9.17) is 4.74 Å². The Balaban J connectivity index is 0.00000152. The lowest BCUT2D eigenvalue weighted by molar-refractivity contribution is -0.250. The average molecular weight is 740 g/mol. The number of hydrogen-bond donors (Lipinski definition) is 1. The highest BCUT2D eigenvalue weighted by molar-refractivity contribution is 5.73. The number of rotatable bonds is 12. The molecule has 306 valence electrons. The fourth-order valence-electron chi connectivity index (χ4n) is 14.5. The normalized spacial score (nSPS) is 39.8. The van der Waals surface area contributed by atoms with Crippen molar-refractivity contribution in [2.24, 2.45) is 62.1 Å². The highest BCUT2D eigenvalue weighted by atomic mass is 16.5. The van der Waals surface area contributed by atoms with Crippen molar-refractivity contribution in [2.45, 2.75) is 205 Å². The van der Waals surface area contributed by atoms with Crippen LogP contribution in [0.15, 0.2) is 12.2 Å². The molecule has 0 aliphatic heterocycles. The van der Waals surface area contributed by atoms with Gasteiger partial charge in [0.15, 0.2) is 0 Å². The summed E-state index contributed by atoms with van der Waals surface area (Å²) in [7, 11) is 0. The molecule has 53 heavy (non-hydrogen) atoms. The smallest absolute Gasteiger partial charge is 0.306 e. The van der Waals surface area contributed by atoms with Gasteiger partial charge in [-0.05, 0) is 167 Å². The van der Waals surface area contributed by atoms with Gasteiger partial charge in [-0.25, -0.2) is 0 Å². The predicted octanol–water partition coefficient (Wildman–Crippen LogP) is 12.8. The van der Waals surface area contributed by atoms with Crippen molar-refractivity contribution >= 4 is 11.9 Å². The predicted molar refractivity (Wildman–Crippen MR) is 222 cm³/mol. The van der Waals surface area contributed by atoms with E-state index in [1.165, 1.54) is 95.7 Å². The Labute approximate surface area is 327 Å². The van der Waals surface area contributed by atoms with Crippen LogP contribution in [0.25, 0.3) is 0 Å². The van der Waals surface area contributed by atoms with Crippen LogP contribution in [-0.2, 0) is 14.3 Å². The zero-order valence-corrected chi connectivity index (χ0v) is 37.1. The summed E-state index contributed by atoms with van der Waals surface area (Å²) in [6.07, 6.45) is 18.3. The number of fused-ring (bicyclic) bond motifs is 7. The lowest BCUT2D eigenvalue weighted by atomic mass is 9.32. The first kappa shape index (κ1) is 44.4. The van der Waals surface area contributed by atoms with Crippen molar-refractivity contribution in [3.63, 3.8) is 0 Å². The number of hydrogen-bond acceptors (Lipinski definition) is 4. The first-order valence-electron chi connectivity index (χ1n) is 22.6. The second kappa shape index (κ2) is 16.6. The Kier molecular flexibility index (Phi) is 13.9. The summed E-state index contributed by atoms with van der Waals surface area (Å²) in [6, 6.07) is 0.860. The molecule has 0 saturated heterocycles. The van der Waals surface area contributed by atoms with Crippen molar-refractivity contribution in [1.29, 1.82) is 0 Å². The van der Waals surface area contributed by atoms with Crippen LogP contribution < -0.4 is 0 Å². The van der Waals surface area contributed by atoms with Crippen molar-refractivity contribution in [1.82, 2.24) is 4.90 Å². The number of carboxylic acid groups (broad SMARTS) is 1. The summed E-state index contributed by atoms with van der Waals surface area (Å²) < 4.78 is 6.31. The monoisotopic (exact) mass is 740 g/mol. The lowest BCUT2D eigenvalue weighted by Gasteiger charge is -2.73. The molecule has 0 aromatic rings. The first-order chi connectivity index (χ1) is 24.8. The van der Waals surface area contributed by atoms with Crippen LogP contribution in [-0.4, -0.2) is 47.2 Å². The Bertz CT molecular complexity index is 1280. The number of nitrogens with zero attached hydrogens (tertiary/aromatic N) is 1. The SMILES string of the molecule is C=C(C)[C@@H]1CC[C@]2(CCN(CCC)C3CC3)CC[C@]3(C)[C@H](CCC4[C@@]5(C)CCC(OC(=O)CC(C)(C)CC(=O)O)C(C)(C)C5CC[C@]43C)C12.CC.CC. The van der Waals surface area contributed by atoms with E-state index in [0.717, 1.165) is 30.7 Å². The maximum atomic E-state index is 13.2. The number of carbonyl (C=O) groups excluding carboxylic acids is 1. The molecule has 0 aromatic carbocycles. The second-order valence-electron chi connectivity index (χ2n) is 20.8. The van der Waals surface area contributed by atoms with Gasteiger partial charge in [-0.1, -0.05) is 95.2 Å². The number of ether oxygens (including phenoxy) is 1. The quantitative estimate of drug-likeness (QED) is 0.159. The summed E-state index contributed by atoms with van der Waals surface area (Å²) >= 11 is 0. The molecule has 0 aromatic heterocycles. The Morgan fingerprint density at radius 1 is 0.792 bits per heavy atom. The molecule has 6 rings (SSSR count). The molecule has 0 bridgehead atoms. The van der Waals surface area contributed by atoms with Gasteiger partial charge >= 0.3 is 11.9 Å². The number of esters is 1. The van der Waals surface area contributed by atoms with Crippen LogP contribution in [0.4, 0.5) is 0 Å². The summed E-state index contributed by atoms with van der Waals surface area (Å²) in [6.45, 7) is 36.5. The number of carboxylic acids is 1. The molecule has 6 saturated carbocycles. The second-order valence-corrected chi connectivity index (χ2v) is 20.8. The van der Waals surface area contributed by atoms with Gasteiger partial charge in [-0.15, -0.1) is 0 Å². The molecular formula is C48H85NO4. The van der Waals surface area contributed by atoms with Gasteiger partial charge in [0.2, 0.25) is 0 Å². The fourth-order valence-corrected chi connectivity index (χ4v) is 14.5. The maximum Gasteiger partial charge on any atom is 0.306 e. The van der Waals surface area contributed by atoms with Crippen molar-refractivity contribution < 1.29 is 19.4 Å². The van der Waals surface area contributed by atoms with Gasteiger partial charge in [-0.3, -0.25) is 9.59 Å². The lowest BCUT2D eigenvalue weighted by Crippen LogP contribution is -2.66. The minimum absolute atomic E-state index is 0.0241. The molecule has 5 heteroatoms. The summed E-state index contributed by atoms with van der Waals surface area (Å²) in [5, 5.41) is 9.35. The zero-order valence-electron chi connectivity index (χ0n) is 37.1. The highest BCUT2D eigenvalue weighted by Gasteiger charge is 2.71. The van der Waals surface area contributed by atoms with Gasteiger partial charge in [-0.2, -0.15) is 0 Å². The Hall–Kier alpha value is -1.36. The average Bonchev–Trinajstić information content (AvgIpc) is 3.85. The molecule has 0 spiro atoms.